The highest BCUT2D eigenvalue weighted by Gasteiger charge is 2.11. The van der Waals surface area contributed by atoms with Gasteiger partial charge in [-0.15, -0.1) is 0 Å². The van der Waals surface area contributed by atoms with E-state index in [2.05, 4.69) is 37.2 Å². The fraction of sp³-hybridized carbons (Fsp3) is 0.700. The maximum absolute atomic E-state index is 5.98. The second kappa shape index (κ2) is 11.1. The van der Waals surface area contributed by atoms with E-state index in [0.717, 1.165) is 70.3 Å². The Morgan fingerprint density at radius 2 is 1.89 bits per heavy atom. The van der Waals surface area contributed by atoms with Crippen LogP contribution in [0.15, 0.2) is 23.3 Å². The number of guanidine groups is 1. The molecule has 0 bridgehead atoms. The van der Waals surface area contributed by atoms with Gasteiger partial charge < -0.3 is 20.7 Å². The van der Waals surface area contributed by atoms with Crippen LogP contribution in [0.25, 0.3) is 0 Å². The van der Waals surface area contributed by atoms with Crippen molar-refractivity contribution in [3.8, 4) is 0 Å². The lowest BCUT2D eigenvalue weighted by molar-refractivity contribution is 0.0376. The molecule has 0 radical (unpaired) electrons. The third-order valence-corrected chi connectivity index (χ3v) is 5.23. The lowest BCUT2D eigenvalue weighted by Gasteiger charge is -2.26. The second-order valence-electron chi connectivity index (χ2n) is 7.36. The molecule has 1 aromatic heterocycles. The summed E-state index contributed by atoms with van der Waals surface area (Å²) in [5.74, 6) is 1.59. The Morgan fingerprint density at radius 1 is 1.11 bits per heavy atom. The molecule has 7 heteroatoms. The molecule has 2 aliphatic rings. The van der Waals surface area contributed by atoms with Crippen molar-refractivity contribution in [2.24, 2.45) is 10.7 Å². The number of hydrogen-bond acceptors (Lipinski definition) is 5. The number of nitrogens with two attached hydrogens (primary N) is 1. The number of rotatable bonds is 7. The molecule has 2 aliphatic heterocycles. The molecule has 2 fully saturated rings. The van der Waals surface area contributed by atoms with Gasteiger partial charge in [0.25, 0.3) is 0 Å². The van der Waals surface area contributed by atoms with Gasteiger partial charge in [0, 0.05) is 38.9 Å². The first-order valence-corrected chi connectivity index (χ1v) is 10.3. The number of ether oxygens (including phenoxy) is 1. The van der Waals surface area contributed by atoms with E-state index in [0.29, 0.717) is 12.5 Å². The highest BCUT2D eigenvalue weighted by molar-refractivity contribution is 5.77. The summed E-state index contributed by atoms with van der Waals surface area (Å²) in [5.41, 5.74) is 7.07. The molecule has 3 N–H and O–H groups in total. The van der Waals surface area contributed by atoms with Crippen molar-refractivity contribution < 1.29 is 4.74 Å². The van der Waals surface area contributed by atoms with E-state index in [4.69, 9.17) is 10.5 Å². The van der Waals surface area contributed by atoms with Crippen molar-refractivity contribution in [1.29, 1.82) is 0 Å². The quantitative estimate of drug-likeness (QED) is 0.429. The molecule has 0 aliphatic carbocycles. The van der Waals surface area contributed by atoms with Crippen LogP contribution in [0.3, 0.4) is 0 Å². The number of nitrogens with one attached hydrogen (secondary N) is 1. The summed E-state index contributed by atoms with van der Waals surface area (Å²) in [6.45, 7) is 8.48. The minimum atomic E-state index is 0.508. The van der Waals surface area contributed by atoms with Crippen molar-refractivity contribution in [2.75, 3.05) is 57.4 Å². The smallest absolute Gasteiger partial charge is 0.188 e. The van der Waals surface area contributed by atoms with Gasteiger partial charge >= 0.3 is 0 Å². The summed E-state index contributed by atoms with van der Waals surface area (Å²) in [6, 6.07) is 4.23. The van der Waals surface area contributed by atoms with Gasteiger partial charge in [-0.1, -0.05) is 18.9 Å². The number of aromatic nitrogens is 1. The summed E-state index contributed by atoms with van der Waals surface area (Å²) in [5, 5.41) is 3.20. The van der Waals surface area contributed by atoms with Gasteiger partial charge in [0.1, 0.15) is 5.82 Å². The Labute approximate surface area is 163 Å². The lowest BCUT2D eigenvalue weighted by Crippen LogP contribution is -2.39. The zero-order chi connectivity index (χ0) is 18.7. The topological polar surface area (TPSA) is 79.0 Å². The Hall–Kier alpha value is -1.86. The van der Waals surface area contributed by atoms with Crippen molar-refractivity contribution in [3.05, 3.63) is 23.9 Å². The van der Waals surface area contributed by atoms with Crippen LogP contribution in [0.4, 0.5) is 5.82 Å². The highest BCUT2D eigenvalue weighted by Crippen LogP contribution is 2.17. The summed E-state index contributed by atoms with van der Waals surface area (Å²) < 4.78 is 5.36. The van der Waals surface area contributed by atoms with E-state index < -0.39 is 0 Å². The Morgan fingerprint density at radius 3 is 2.59 bits per heavy atom. The van der Waals surface area contributed by atoms with Crippen molar-refractivity contribution in [1.82, 2.24) is 15.2 Å². The number of pyridine rings is 1. The third-order valence-electron chi connectivity index (χ3n) is 5.23. The van der Waals surface area contributed by atoms with E-state index in [1.54, 1.807) is 0 Å². The highest BCUT2D eigenvalue weighted by atomic mass is 16.5. The number of anilines is 1. The van der Waals surface area contributed by atoms with E-state index in [9.17, 15) is 0 Å². The largest absolute Gasteiger partial charge is 0.379 e. The Kier molecular flexibility index (Phi) is 8.17. The molecule has 0 saturated carbocycles. The number of aliphatic imine (C=N–C) groups is 1. The van der Waals surface area contributed by atoms with E-state index in [1.165, 1.54) is 25.7 Å². The maximum atomic E-state index is 5.98. The molecular weight excluding hydrogens is 340 g/mol. The maximum Gasteiger partial charge on any atom is 0.188 e. The lowest BCUT2D eigenvalue weighted by atomic mass is 10.2. The zero-order valence-corrected chi connectivity index (χ0v) is 16.4. The molecule has 3 rings (SSSR count). The van der Waals surface area contributed by atoms with Gasteiger partial charge in [-0.3, -0.25) is 4.90 Å². The molecule has 0 unspecified atom stereocenters. The number of hydrogen-bond donors (Lipinski definition) is 2. The minimum Gasteiger partial charge on any atom is -0.379 e. The van der Waals surface area contributed by atoms with Crippen molar-refractivity contribution in [2.45, 2.75) is 38.6 Å². The summed E-state index contributed by atoms with van der Waals surface area (Å²) in [6.07, 6.45) is 8.19. The fourth-order valence-electron chi connectivity index (χ4n) is 3.57. The standard InChI is InChI=1S/C20H34N6O/c21-20(22-8-5-9-25-12-14-27-15-13-25)24-17-18-6-7-19(23-16-18)26-10-3-1-2-4-11-26/h6-7,16H,1-5,8-15,17H2,(H3,21,22,24). The molecule has 3 heterocycles. The predicted molar refractivity (Wildman–Crippen MR) is 110 cm³/mol. The average molecular weight is 375 g/mol. The van der Waals surface area contributed by atoms with Crippen LogP contribution in [0, 0.1) is 0 Å². The molecule has 2 saturated heterocycles. The molecule has 0 aromatic carbocycles. The van der Waals surface area contributed by atoms with Crippen LogP contribution >= 0.6 is 0 Å². The monoisotopic (exact) mass is 374 g/mol. The number of morpholine rings is 1. The first kappa shape index (κ1) is 19.9. The van der Waals surface area contributed by atoms with Crippen LogP contribution in [0.5, 0.6) is 0 Å². The average Bonchev–Trinajstić information content (AvgIpc) is 3.00. The molecule has 0 spiro atoms. The van der Waals surface area contributed by atoms with Gasteiger partial charge in [0.15, 0.2) is 5.96 Å². The molecule has 1 aromatic rings. The molecule has 0 amide bonds. The molecule has 150 valence electrons. The third kappa shape index (κ3) is 6.99. The van der Waals surface area contributed by atoms with E-state index >= 15 is 0 Å². The Bertz CT molecular complexity index is 562. The van der Waals surface area contributed by atoms with Gasteiger partial charge in [-0.2, -0.15) is 0 Å². The summed E-state index contributed by atoms with van der Waals surface area (Å²) in [4.78, 5) is 13.9. The second-order valence-corrected chi connectivity index (χ2v) is 7.36. The molecule has 27 heavy (non-hydrogen) atoms. The van der Waals surface area contributed by atoms with Gasteiger partial charge in [0.2, 0.25) is 0 Å². The van der Waals surface area contributed by atoms with Crippen LogP contribution in [0.1, 0.15) is 37.7 Å². The normalized spacial score (nSPS) is 19.7. The molecule has 0 atom stereocenters. The number of nitrogens with zero attached hydrogens (tertiary/aromatic N) is 4. The Balaban J connectivity index is 1.36. The minimum absolute atomic E-state index is 0.508. The first-order valence-electron chi connectivity index (χ1n) is 10.3. The fourth-order valence-corrected chi connectivity index (χ4v) is 3.57. The van der Waals surface area contributed by atoms with Gasteiger partial charge in [-0.25, -0.2) is 9.98 Å². The molecule has 7 nitrogen and oxygen atoms in total. The zero-order valence-electron chi connectivity index (χ0n) is 16.4. The van der Waals surface area contributed by atoms with Gasteiger partial charge in [0.05, 0.1) is 19.8 Å². The van der Waals surface area contributed by atoms with Gasteiger partial charge in [-0.05, 0) is 37.4 Å². The van der Waals surface area contributed by atoms with E-state index in [-0.39, 0.29) is 0 Å². The van der Waals surface area contributed by atoms with Crippen molar-refractivity contribution in [3.63, 3.8) is 0 Å². The van der Waals surface area contributed by atoms with E-state index in [1.807, 2.05) is 6.20 Å². The first-order chi connectivity index (χ1) is 13.3. The summed E-state index contributed by atoms with van der Waals surface area (Å²) >= 11 is 0. The van der Waals surface area contributed by atoms with Crippen LogP contribution < -0.4 is 16.0 Å². The predicted octanol–water partition coefficient (Wildman–Crippen LogP) is 1.59. The van der Waals surface area contributed by atoms with Crippen LogP contribution in [-0.2, 0) is 11.3 Å². The van der Waals surface area contributed by atoms with Crippen molar-refractivity contribution >= 4 is 11.8 Å². The van der Waals surface area contributed by atoms with Crippen LogP contribution in [0.2, 0.25) is 0 Å². The summed E-state index contributed by atoms with van der Waals surface area (Å²) in [7, 11) is 0. The van der Waals surface area contributed by atoms with Crippen LogP contribution in [-0.4, -0.2) is 68.3 Å². The molecular formula is C20H34N6O. The SMILES string of the molecule is NC(=NCc1ccc(N2CCCCCC2)nc1)NCCCN1CCOCC1.